The Bertz CT molecular complexity index is 708. The predicted molar refractivity (Wildman–Crippen MR) is 71.5 cm³/mol. The zero-order chi connectivity index (χ0) is 17.5. The molecule has 1 saturated carbocycles. The molecule has 0 spiro atoms. The van der Waals surface area contributed by atoms with Gasteiger partial charge in [0.15, 0.2) is 11.5 Å². The van der Waals surface area contributed by atoms with Gasteiger partial charge < -0.3 is 4.52 Å². The van der Waals surface area contributed by atoms with Crippen molar-refractivity contribution in [2.75, 3.05) is 0 Å². The van der Waals surface area contributed by atoms with Gasteiger partial charge in [-0.15, -0.1) is 0 Å². The molecule has 2 unspecified atom stereocenters. The van der Waals surface area contributed by atoms with Crippen LogP contribution < -0.4 is 0 Å². The second kappa shape index (κ2) is 5.82. The Kier molecular flexibility index (Phi) is 4.08. The number of aromatic nitrogens is 4. The maximum absolute atomic E-state index is 14.0. The van der Waals surface area contributed by atoms with Crippen LogP contribution in [-0.2, 0) is 6.18 Å². The third-order valence-electron chi connectivity index (χ3n) is 4.18. The Hall–Kier alpha value is -2.00. The summed E-state index contributed by atoms with van der Waals surface area (Å²) in [4.78, 5) is 3.98. The van der Waals surface area contributed by atoms with E-state index in [0.717, 1.165) is 16.9 Å². The minimum Gasteiger partial charge on any atom is -0.337 e. The van der Waals surface area contributed by atoms with Crippen LogP contribution in [0.4, 0.5) is 22.0 Å². The lowest BCUT2D eigenvalue weighted by Gasteiger charge is -2.28. The molecule has 0 aromatic carbocycles. The Morgan fingerprint density at radius 1 is 1.33 bits per heavy atom. The third kappa shape index (κ3) is 3.13. The molecular formula is C14H15F5N4O. The maximum atomic E-state index is 14.0. The molecule has 2 aromatic heterocycles. The van der Waals surface area contributed by atoms with Gasteiger partial charge in [-0.3, -0.25) is 4.68 Å². The van der Waals surface area contributed by atoms with Crippen LogP contribution in [0.1, 0.15) is 62.0 Å². The molecular weight excluding hydrogens is 335 g/mol. The maximum Gasteiger partial charge on any atom is 0.435 e. The molecule has 24 heavy (non-hydrogen) atoms. The van der Waals surface area contributed by atoms with Gasteiger partial charge in [0.2, 0.25) is 0 Å². The van der Waals surface area contributed by atoms with Gasteiger partial charge in [0.1, 0.15) is 6.04 Å². The topological polar surface area (TPSA) is 56.7 Å². The van der Waals surface area contributed by atoms with Crippen LogP contribution in [0.15, 0.2) is 16.8 Å². The number of nitrogens with zero attached hydrogens (tertiary/aromatic N) is 4. The smallest absolute Gasteiger partial charge is 0.337 e. The van der Waals surface area contributed by atoms with Crippen molar-refractivity contribution in [3.8, 4) is 0 Å². The molecule has 0 aliphatic heterocycles. The second-order valence-electron chi connectivity index (χ2n) is 5.90. The Labute approximate surface area is 133 Å². The Morgan fingerprint density at radius 2 is 2.08 bits per heavy atom. The van der Waals surface area contributed by atoms with Crippen molar-refractivity contribution >= 4 is 0 Å². The largest absolute Gasteiger partial charge is 0.435 e. The zero-order valence-corrected chi connectivity index (χ0v) is 12.7. The van der Waals surface area contributed by atoms with Gasteiger partial charge in [-0.25, -0.2) is 8.78 Å². The van der Waals surface area contributed by atoms with Gasteiger partial charge in [-0.2, -0.15) is 23.3 Å². The predicted octanol–water partition coefficient (Wildman–Crippen LogP) is 4.19. The molecule has 0 bridgehead atoms. The number of alkyl halides is 5. The first kappa shape index (κ1) is 16.8. The molecule has 1 aliphatic carbocycles. The quantitative estimate of drug-likeness (QED) is 0.779. The summed E-state index contributed by atoms with van der Waals surface area (Å²) >= 11 is 0. The van der Waals surface area contributed by atoms with Crippen LogP contribution in [0.25, 0.3) is 0 Å². The van der Waals surface area contributed by atoms with E-state index in [1.807, 2.05) is 0 Å². The van der Waals surface area contributed by atoms with Gasteiger partial charge in [0, 0.05) is 12.6 Å². The lowest BCUT2D eigenvalue weighted by atomic mass is 9.85. The summed E-state index contributed by atoms with van der Waals surface area (Å²) in [6.45, 7) is 1.50. The highest BCUT2D eigenvalue weighted by molar-refractivity contribution is 5.08. The van der Waals surface area contributed by atoms with Crippen molar-refractivity contribution in [1.29, 1.82) is 0 Å². The van der Waals surface area contributed by atoms with Gasteiger partial charge in [-0.1, -0.05) is 11.6 Å². The minimum atomic E-state index is -4.56. The molecule has 5 nitrogen and oxygen atoms in total. The summed E-state index contributed by atoms with van der Waals surface area (Å²) in [5, 5.41) is 7.03. The molecule has 0 amide bonds. The summed E-state index contributed by atoms with van der Waals surface area (Å²) in [6.07, 6.45) is -2.32. The molecule has 1 fully saturated rings. The fraction of sp³-hybridized carbons (Fsp3) is 0.643. The number of halogens is 5. The molecule has 10 heteroatoms. The van der Waals surface area contributed by atoms with E-state index in [9.17, 15) is 22.0 Å². The van der Waals surface area contributed by atoms with Gasteiger partial charge >= 0.3 is 6.18 Å². The summed E-state index contributed by atoms with van der Waals surface area (Å²) in [5.74, 6) is -4.19. The Balaban J connectivity index is 1.81. The van der Waals surface area contributed by atoms with Crippen LogP contribution in [0.2, 0.25) is 0 Å². The third-order valence-corrected chi connectivity index (χ3v) is 4.18. The van der Waals surface area contributed by atoms with E-state index in [1.165, 1.54) is 6.92 Å². The lowest BCUT2D eigenvalue weighted by Crippen LogP contribution is -2.30. The highest BCUT2D eigenvalue weighted by Gasteiger charge is 2.45. The molecule has 132 valence electrons. The summed E-state index contributed by atoms with van der Waals surface area (Å²) in [5.41, 5.74) is -1.05. The van der Waals surface area contributed by atoms with Crippen LogP contribution >= 0.6 is 0 Å². The summed E-state index contributed by atoms with van der Waals surface area (Å²) in [6, 6.07) is 0.0304. The van der Waals surface area contributed by atoms with Crippen LogP contribution in [0.5, 0.6) is 0 Å². The summed E-state index contributed by atoms with van der Waals surface area (Å²) in [7, 11) is 0. The number of hydrogen-bond donors (Lipinski definition) is 0. The van der Waals surface area contributed by atoms with Crippen LogP contribution in [-0.4, -0.2) is 25.8 Å². The standard InChI is InChI=1S/C14H15F5N4O/c1-8(23-7-5-10(21-23)14(17,18)19)12-20-11(22-24-12)9-4-2-3-6-13(9,15)16/h5,7-9H,2-4,6H2,1H3. The molecule has 0 radical (unpaired) electrons. The van der Waals surface area contributed by atoms with E-state index in [4.69, 9.17) is 4.52 Å². The molecule has 2 atom stereocenters. The molecule has 2 heterocycles. The van der Waals surface area contributed by atoms with E-state index in [2.05, 4.69) is 15.2 Å². The van der Waals surface area contributed by atoms with E-state index >= 15 is 0 Å². The highest BCUT2D eigenvalue weighted by atomic mass is 19.4. The average molecular weight is 350 g/mol. The fourth-order valence-corrected chi connectivity index (χ4v) is 2.79. The normalized spacial score (nSPS) is 22.5. The lowest BCUT2D eigenvalue weighted by molar-refractivity contribution is -0.141. The van der Waals surface area contributed by atoms with Crippen LogP contribution in [0, 0.1) is 0 Å². The monoisotopic (exact) mass is 350 g/mol. The van der Waals surface area contributed by atoms with E-state index in [1.54, 1.807) is 0 Å². The SMILES string of the molecule is CC(c1nc(C2CCCCC2(F)F)no1)n1ccc(C(F)(F)F)n1. The summed E-state index contributed by atoms with van der Waals surface area (Å²) < 4.78 is 71.7. The van der Waals surface area contributed by atoms with E-state index in [0.29, 0.717) is 12.8 Å². The van der Waals surface area contributed by atoms with Crippen molar-refractivity contribution in [3.05, 3.63) is 29.7 Å². The van der Waals surface area contributed by atoms with Crippen molar-refractivity contribution in [2.24, 2.45) is 0 Å². The number of rotatable bonds is 3. The molecule has 0 N–H and O–H groups in total. The first-order valence-electron chi connectivity index (χ1n) is 7.52. The zero-order valence-electron chi connectivity index (χ0n) is 12.7. The van der Waals surface area contributed by atoms with E-state index < -0.39 is 29.8 Å². The highest BCUT2D eigenvalue weighted by Crippen LogP contribution is 2.43. The average Bonchev–Trinajstić information content (AvgIpc) is 3.15. The molecule has 1 aliphatic rings. The van der Waals surface area contributed by atoms with Crippen molar-refractivity contribution in [3.63, 3.8) is 0 Å². The van der Waals surface area contributed by atoms with Gasteiger partial charge in [0.05, 0.1) is 5.92 Å². The van der Waals surface area contributed by atoms with Crippen molar-refractivity contribution < 1.29 is 26.5 Å². The van der Waals surface area contributed by atoms with Crippen LogP contribution in [0.3, 0.4) is 0 Å². The van der Waals surface area contributed by atoms with Crippen molar-refractivity contribution in [1.82, 2.24) is 19.9 Å². The molecule has 0 saturated heterocycles. The fourth-order valence-electron chi connectivity index (χ4n) is 2.79. The van der Waals surface area contributed by atoms with Gasteiger partial charge in [0.25, 0.3) is 11.8 Å². The van der Waals surface area contributed by atoms with Crippen molar-refractivity contribution in [2.45, 2.75) is 56.7 Å². The Morgan fingerprint density at radius 3 is 2.71 bits per heavy atom. The first-order chi connectivity index (χ1) is 11.2. The van der Waals surface area contributed by atoms with E-state index in [-0.39, 0.29) is 24.6 Å². The molecule has 3 rings (SSSR count). The second-order valence-corrected chi connectivity index (χ2v) is 5.90. The minimum absolute atomic E-state index is 0.0526. The van der Waals surface area contributed by atoms with Gasteiger partial charge in [-0.05, 0) is 25.8 Å². The number of hydrogen-bond acceptors (Lipinski definition) is 4. The first-order valence-corrected chi connectivity index (χ1v) is 7.52. The molecule has 2 aromatic rings.